The van der Waals surface area contributed by atoms with E-state index in [9.17, 15) is 12.3 Å². The van der Waals surface area contributed by atoms with Crippen LogP contribution in [0.2, 0.25) is 0 Å². The molecule has 5 nitrogen and oxygen atoms in total. The van der Waals surface area contributed by atoms with Crippen LogP contribution >= 0.6 is 11.3 Å². The molecule has 12 aromatic rings. The third kappa shape index (κ3) is 4.91. The standard InChI is InChI=1S/C51H30N4OS/c1-4-15-31(16-5-1)34-27-30-40(51-53-49(32-17-6-2-7-18-32)52-50(54-51)33-19-8-3-9-20-33)44-39-23-14-25-42(46(39)56-47(34)44)55-41-24-12-10-21-35(41)37-28-29-38-36-22-11-13-26-43(36)57-48(38)45(37)55/h1-30H/i1D,2D,3D,4D,5D,6D,7D,8D,9D,10D,11D,12D,13D,14D,15D,16D,17D,18D,19D,20D,21D,22D,23D,24D,25D,26D,27D,28D,29D,30D. The first-order valence-electron chi connectivity index (χ1n) is 31.6. The van der Waals surface area contributed by atoms with E-state index in [0.29, 0.717) is 11.3 Å². The Labute approximate surface area is 372 Å². The Morgan fingerprint density at radius 2 is 1.02 bits per heavy atom. The molecule has 4 aromatic heterocycles. The van der Waals surface area contributed by atoms with Gasteiger partial charge in [0.05, 0.1) is 62.5 Å². The molecule has 0 saturated carbocycles. The minimum Gasteiger partial charge on any atom is -0.453 e. The highest BCUT2D eigenvalue weighted by Gasteiger charge is 2.25. The van der Waals surface area contributed by atoms with E-state index in [1.54, 1.807) is 0 Å². The van der Waals surface area contributed by atoms with Crippen LogP contribution in [0.4, 0.5) is 0 Å². The fraction of sp³-hybridized carbons (Fsp3) is 0. The number of rotatable bonds is 5. The highest BCUT2D eigenvalue weighted by atomic mass is 32.1. The molecule has 0 aliphatic carbocycles. The number of benzene rings is 8. The smallest absolute Gasteiger partial charge is 0.164 e. The van der Waals surface area contributed by atoms with Crippen LogP contribution in [0.25, 0.3) is 115 Å². The molecule has 0 saturated heterocycles. The Morgan fingerprint density at radius 1 is 0.439 bits per heavy atom. The first-order valence-corrected chi connectivity index (χ1v) is 17.4. The van der Waals surface area contributed by atoms with Crippen molar-refractivity contribution in [3.63, 3.8) is 0 Å². The van der Waals surface area contributed by atoms with Gasteiger partial charge in [0.1, 0.15) is 5.58 Å². The Kier molecular flexibility index (Phi) is 3.14. The molecule has 0 aliphatic heterocycles. The van der Waals surface area contributed by atoms with Crippen LogP contribution in [0.15, 0.2) is 186 Å². The summed E-state index contributed by atoms with van der Waals surface area (Å²) in [4.78, 5) is 13.2. The topological polar surface area (TPSA) is 56.7 Å². The van der Waals surface area contributed by atoms with Gasteiger partial charge in [-0.25, -0.2) is 15.0 Å². The van der Waals surface area contributed by atoms with Crippen LogP contribution in [0.5, 0.6) is 0 Å². The lowest BCUT2D eigenvalue weighted by atomic mass is 9.98. The van der Waals surface area contributed by atoms with Crippen molar-refractivity contribution in [1.82, 2.24) is 19.5 Å². The predicted octanol–water partition coefficient (Wildman–Crippen LogP) is 13.9. The summed E-state index contributed by atoms with van der Waals surface area (Å²) in [5.74, 6) is -2.68. The number of hydrogen-bond acceptors (Lipinski definition) is 5. The zero-order valence-corrected chi connectivity index (χ0v) is 28.9. The van der Waals surface area contributed by atoms with Crippen LogP contribution in [0.1, 0.15) is 41.1 Å². The highest BCUT2D eigenvalue weighted by molar-refractivity contribution is 7.26. The summed E-state index contributed by atoms with van der Waals surface area (Å²) in [6.45, 7) is 0. The molecule has 0 atom stereocenters. The number of fused-ring (bicyclic) bond motifs is 10. The lowest BCUT2D eigenvalue weighted by Gasteiger charge is -2.11. The molecule has 6 heteroatoms. The average molecular weight is 777 g/mol. The van der Waals surface area contributed by atoms with E-state index >= 15 is 0 Å². The second kappa shape index (κ2) is 12.6. The van der Waals surface area contributed by atoms with E-state index in [1.165, 1.54) is 0 Å². The molecular weight excluding hydrogens is 717 g/mol. The molecule has 0 amide bonds. The van der Waals surface area contributed by atoms with Crippen molar-refractivity contribution < 1.29 is 45.5 Å². The monoisotopic (exact) mass is 776 g/mol. The third-order valence-corrected chi connectivity index (χ3v) is 10.1. The van der Waals surface area contributed by atoms with Crippen molar-refractivity contribution in [2.24, 2.45) is 0 Å². The number of furan rings is 1. The molecule has 12 rings (SSSR count). The molecule has 0 bridgehead atoms. The zero-order chi connectivity index (χ0) is 63.6. The molecule has 0 spiro atoms. The predicted molar refractivity (Wildman–Crippen MR) is 236 cm³/mol. The molecule has 0 aliphatic rings. The second-order valence-corrected chi connectivity index (χ2v) is 13.1. The van der Waals surface area contributed by atoms with Gasteiger partial charge in [-0.3, -0.25) is 0 Å². The Bertz CT molecular complexity index is 5130. The van der Waals surface area contributed by atoms with Crippen molar-refractivity contribution >= 4 is 75.3 Å². The van der Waals surface area contributed by atoms with Crippen molar-refractivity contribution in [3.8, 4) is 51.0 Å². The Balaban J connectivity index is 1.38. The minimum atomic E-state index is -1.08. The molecular formula is C51H30N4OS. The fourth-order valence-corrected chi connectivity index (χ4v) is 7.79. The summed E-state index contributed by atoms with van der Waals surface area (Å²) >= 11 is 0.651. The maximum Gasteiger partial charge on any atom is 0.164 e. The normalized spacial score (nSPS) is 19.2. The van der Waals surface area contributed by atoms with Gasteiger partial charge in [0, 0.05) is 59.3 Å². The number of thiophene rings is 1. The maximum atomic E-state index is 9.91. The summed E-state index contributed by atoms with van der Waals surface area (Å²) in [5, 5.41) is -2.79. The van der Waals surface area contributed by atoms with Gasteiger partial charge < -0.3 is 8.98 Å². The number of hydrogen-bond donors (Lipinski definition) is 0. The second-order valence-electron chi connectivity index (χ2n) is 12.1. The molecule has 0 fully saturated rings. The first-order chi connectivity index (χ1) is 40.7. The lowest BCUT2D eigenvalue weighted by Crippen LogP contribution is -2.00. The van der Waals surface area contributed by atoms with Crippen molar-refractivity contribution in [3.05, 3.63) is 181 Å². The third-order valence-electron chi connectivity index (χ3n) is 9.02. The first kappa shape index (κ1) is 14.3. The lowest BCUT2D eigenvalue weighted by molar-refractivity contribution is 0.667. The Hall–Kier alpha value is -7.41. The number of para-hydroxylation sites is 2. The van der Waals surface area contributed by atoms with Gasteiger partial charge in [-0.1, -0.05) is 151 Å². The van der Waals surface area contributed by atoms with Gasteiger partial charge in [-0.15, -0.1) is 11.3 Å². The van der Waals surface area contributed by atoms with Crippen molar-refractivity contribution in [2.75, 3.05) is 0 Å². The van der Waals surface area contributed by atoms with E-state index in [1.807, 2.05) is 0 Å². The largest absolute Gasteiger partial charge is 0.453 e. The summed E-state index contributed by atoms with van der Waals surface area (Å²) in [7, 11) is 0. The average Bonchev–Trinajstić information content (AvgIpc) is 1.54. The molecule has 0 unspecified atom stereocenters. The zero-order valence-electron chi connectivity index (χ0n) is 58.1. The summed E-state index contributed by atoms with van der Waals surface area (Å²) in [5.41, 5.74) is -7.26. The van der Waals surface area contributed by atoms with Crippen LogP contribution in [-0.4, -0.2) is 19.5 Å². The van der Waals surface area contributed by atoms with E-state index in [4.69, 9.17) is 33.2 Å². The molecule has 266 valence electrons. The quantitative estimate of drug-likeness (QED) is 0.175. The molecule has 0 N–H and O–H groups in total. The van der Waals surface area contributed by atoms with E-state index < -0.39 is 270 Å². The van der Waals surface area contributed by atoms with Gasteiger partial charge in [0.15, 0.2) is 23.1 Å². The van der Waals surface area contributed by atoms with Crippen LogP contribution < -0.4 is 0 Å². The van der Waals surface area contributed by atoms with Gasteiger partial charge >= 0.3 is 0 Å². The van der Waals surface area contributed by atoms with Crippen LogP contribution in [0.3, 0.4) is 0 Å². The summed E-state index contributed by atoms with van der Waals surface area (Å²) in [6, 6.07) is -26.8. The Morgan fingerprint density at radius 3 is 1.75 bits per heavy atom. The van der Waals surface area contributed by atoms with Gasteiger partial charge in [-0.2, -0.15) is 0 Å². The fourth-order valence-electron chi connectivity index (χ4n) is 6.69. The number of aromatic nitrogens is 4. The molecule has 0 radical (unpaired) electrons. The van der Waals surface area contributed by atoms with Gasteiger partial charge in [-0.05, 0) is 35.8 Å². The van der Waals surface area contributed by atoms with Gasteiger partial charge in [0.25, 0.3) is 0 Å². The molecule has 4 heterocycles. The van der Waals surface area contributed by atoms with E-state index in [2.05, 4.69) is 15.0 Å². The van der Waals surface area contributed by atoms with Crippen molar-refractivity contribution in [1.29, 1.82) is 0 Å². The summed E-state index contributed by atoms with van der Waals surface area (Å²) in [6.07, 6.45) is 0. The number of nitrogens with zero attached hydrogens (tertiary/aromatic N) is 4. The highest BCUT2D eigenvalue weighted by Crippen LogP contribution is 2.47. The summed E-state index contributed by atoms with van der Waals surface area (Å²) < 4.78 is 277. The molecule has 57 heavy (non-hydrogen) atoms. The molecule has 8 aromatic carbocycles. The van der Waals surface area contributed by atoms with Crippen LogP contribution in [-0.2, 0) is 0 Å². The van der Waals surface area contributed by atoms with E-state index in [-0.39, 0.29) is 25.7 Å². The van der Waals surface area contributed by atoms with E-state index in [0.717, 1.165) is 4.57 Å². The minimum absolute atomic E-state index is 0.155. The SMILES string of the molecule is [2H]c1c([2H])c([2H])c(-c2nc(-c3c([2H])c([2H])c([2H])c([2H])c3[2H])nc(-c3c([2H])c([2H])c(-c4c([2H])c([2H])c([2H])c([2H])c4[2H])c4oc5c(-n6c7c([2H])c([2H])c([2H])c([2H])c7c7c([2H])c([2H])c8c(sc9c([2H])c([2H])c([2H])c([2H])c98)c76)c([2H])c([2H])c([2H])c5c34)n2)c([2H])c1[2H]. The van der Waals surface area contributed by atoms with Crippen molar-refractivity contribution in [2.45, 2.75) is 0 Å². The van der Waals surface area contributed by atoms with Gasteiger partial charge in [0.2, 0.25) is 0 Å². The van der Waals surface area contributed by atoms with Crippen LogP contribution in [0, 0.1) is 0 Å². The maximum absolute atomic E-state index is 9.91.